The Morgan fingerprint density at radius 2 is 1.88 bits per heavy atom. The number of aromatic nitrogens is 3. The molecule has 3 saturated heterocycles. The number of nitrogens with zero attached hydrogens (tertiary/aromatic N) is 5. The number of ether oxygens (including phenoxy) is 1. The molecule has 2 aromatic heterocycles. The van der Waals surface area contributed by atoms with Crippen LogP contribution in [0.15, 0.2) is 42.6 Å². The van der Waals surface area contributed by atoms with E-state index in [9.17, 15) is 0 Å². The van der Waals surface area contributed by atoms with E-state index in [0.717, 1.165) is 56.2 Å². The molecule has 3 fully saturated rings. The Kier molecular flexibility index (Phi) is 6.96. The second kappa shape index (κ2) is 10.6. The van der Waals surface area contributed by atoms with Crippen LogP contribution in [0.3, 0.4) is 0 Å². The van der Waals surface area contributed by atoms with Gasteiger partial charge in [0.1, 0.15) is 23.6 Å². The van der Waals surface area contributed by atoms with Gasteiger partial charge in [0.05, 0.1) is 10.9 Å². The van der Waals surface area contributed by atoms with E-state index in [2.05, 4.69) is 33.9 Å². The number of halogens is 2. The average molecular weight is 575 g/mol. The van der Waals surface area contributed by atoms with Crippen LogP contribution in [0.1, 0.15) is 46.0 Å². The molecule has 41 heavy (non-hydrogen) atoms. The van der Waals surface area contributed by atoms with Crippen LogP contribution < -0.4 is 15.0 Å². The van der Waals surface area contributed by atoms with Gasteiger partial charge in [-0.1, -0.05) is 48.9 Å². The van der Waals surface area contributed by atoms with E-state index in [1.165, 1.54) is 12.8 Å². The summed E-state index contributed by atoms with van der Waals surface area (Å²) < 4.78 is 23.0. The number of hydrogen-bond donors (Lipinski definition) is 1. The summed E-state index contributed by atoms with van der Waals surface area (Å²) in [6.07, 6.45) is 7.30. The lowest BCUT2D eigenvalue weighted by molar-refractivity contribution is 0.108. The third kappa shape index (κ3) is 4.70. The zero-order valence-electron chi connectivity index (χ0n) is 23.7. The van der Waals surface area contributed by atoms with E-state index >= 15 is 4.39 Å². The van der Waals surface area contributed by atoms with Crippen LogP contribution in [0.4, 0.5) is 10.2 Å². The first-order valence-corrected chi connectivity index (χ1v) is 15.3. The van der Waals surface area contributed by atoms with Gasteiger partial charge in [-0.2, -0.15) is 9.97 Å². The fraction of sp³-hybridized carbons (Fsp3) is 0.469. The largest absolute Gasteiger partial charge is 0.461 e. The number of fused-ring (bicyclic) bond motifs is 3. The van der Waals surface area contributed by atoms with Gasteiger partial charge in [0, 0.05) is 47.3 Å². The van der Waals surface area contributed by atoms with Crippen molar-refractivity contribution in [2.75, 3.05) is 37.7 Å². The van der Waals surface area contributed by atoms with Crippen LogP contribution >= 0.6 is 11.6 Å². The molecule has 7 rings (SSSR count). The number of anilines is 1. The van der Waals surface area contributed by atoms with Crippen molar-refractivity contribution in [1.29, 1.82) is 0 Å². The predicted octanol–water partition coefficient (Wildman–Crippen LogP) is 6.22. The van der Waals surface area contributed by atoms with Crippen molar-refractivity contribution in [3.05, 3.63) is 53.4 Å². The molecular weight excluding hydrogens is 539 g/mol. The van der Waals surface area contributed by atoms with E-state index in [-0.39, 0.29) is 28.8 Å². The van der Waals surface area contributed by atoms with E-state index < -0.39 is 5.82 Å². The Labute approximate surface area is 245 Å². The summed E-state index contributed by atoms with van der Waals surface area (Å²) in [4.78, 5) is 19.1. The van der Waals surface area contributed by atoms with E-state index in [1.54, 1.807) is 6.20 Å². The molecule has 1 N–H and O–H groups in total. The Balaban J connectivity index is 1.35. The summed E-state index contributed by atoms with van der Waals surface area (Å²) in [5, 5.41) is 6.51. The molecule has 4 aromatic rings. The first kappa shape index (κ1) is 26.8. The van der Waals surface area contributed by atoms with Gasteiger partial charge in [-0.3, -0.25) is 9.88 Å². The summed E-state index contributed by atoms with van der Waals surface area (Å²) in [5.41, 5.74) is 1.13. The number of rotatable bonds is 6. The van der Waals surface area contributed by atoms with Crippen molar-refractivity contribution >= 4 is 39.1 Å². The van der Waals surface area contributed by atoms with E-state index in [4.69, 9.17) is 26.3 Å². The van der Waals surface area contributed by atoms with Crippen LogP contribution in [0.5, 0.6) is 6.01 Å². The predicted molar refractivity (Wildman–Crippen MR) is 162 cm³/mol. The maximum atomic E-state index is 16.6. The smallest absolute Gasteiger partial charge is 0.319 e. The van der Waals surface area contributed by atoms with E-state index in [0.29, 0.717) is 34.4 Å². The second-order valence-corrected chi connectivity index (χ2v) is 12.3. The van der Waals surface area contributed by atoms with Crippen molar-refractivity contribution in [3.63, 3.8) is 0 Å². The lowest BCUT2D eigenvalue weighted by Gasteiger charge is -2.38. The lowest BCUT2D eigenvalue weighted by atomic mass is 9.95. The lowest BCUT2D eigenvalue weighted by Crippen LogP contribution is -2.55. The molecule has 0 spiro atoms. The highest BCUT2D eigenvalue weighted by atomic mass is 35.5. The van der Waals surface area contributed by atoms with Gasteiger partial charge in [0.25, 0.3) is 0 Å². The summed E-state index contributed by atoms with van der Waals surface area (Å²) in [7, 11) is 0. The van der Waals surface area contributed by atoms with Crippen LogP contribution in [-0.4, -0.2) is 70.3 Å². The summed E-state index contributed by atoms with van der Waals surface area (Å²) in [5.74, 6) is 0.193. The molecule has 0 bridgehead atoms. The van der Waals surface area contributed by atoms with Gasteiger partial charge in [-0.15, -0.1) is 0 Å². The monoisotopic (exact) mass is 574 g/mol. The van der Waals surface area contributed by atoms with Gasteiger partial charge in [-0.05, 0) is 63.6 Å². The molecule has 0 aliphatic carbocycles. The van der Waals surface area contributed by atoms with Crippen LogP contribution in [0.25, 0.3) is 32.9 Å². The molecule has 3 aliphatic heterocycles. The second-order valence-electron chi connectivity index (χ2n) is 11.9. The fourth-order valence-corrected chi connectivity index (χ4v) is 7.55. The third-order valence-electron chi connectivity index (χ3n) is 9.28. The van der Waals surface area contributed by atoms with Gasteiger partial charge >= 0.3 is 6.01 Å². The highest BCUT2D eigenvalue weighted by molar-refractivity contribution is 6.36. The number of piperazine rings is 1. The van der Waals surface area contributed by atoms with Crippen molar-refractivity contribution in [1.82, 2.24) is 25.2 Å². The molecule has 3 aliphatic rings. The number of hydrogen-bond acceptors (Lipinski definition) is 7. The minimum Gasteiger partial charge on any atom is -0.461 e. The van der Waals surface area contributed by atoms with Gasteiger partial charge in [-0.25, -0.2) is 4.39 Å². The fourth-order valence-electron chi connectivity index (χ4n) is 7.27. The minimum atomic E-state index is -0.486. The normalized spacial score (nSPS) is 22.5. The Morgan fingerprint density at radius 1 is 1.10 bits per heavy atom. The number of nitrogens with one attached hydrogen (secondary N) is 1. The third-order valence-corrected chi connectivity index (χ3v) is 9.60. The van der Waals surface area contributed by atoms with Crippen molar-refractivity contribution in [2.45, 2.75) is 63.6 Å². The molecule has 7 nitrogen and oxygen atoms in total. The zero-order valence-corrected chi connectivity index (χ0v) is 24.4. The highest BCUT2D eigenvalue weighted by Gasteiger charge is 2.45. The standard InChI is InChI=1S/C32H36ClFN6O/c1-3-22-18-39(17-20(2)36-22)30-24-16-35-28(23-10-4-8-21-9-5-11-25(33)26(21)23)27(34)29(24)37-31(38-30)41-19-32-12-6-14-40(32)15-7-13-32/h4-5,8-11,16,20,22,36H,3,6-7,12-15,17-19H2,1-2H3. The molecule has 9 heteroatoms. The Morgan fingerprint density at radius 3 is 2.66 bits per heavy atom. The summed E-state index contributed by atoms with van der Waals surface area (Å²) in [6, 6.07) is 12.2. The van der Waals surface area contributed by atoms with Crippen LogP contribution in [0, 0.1) is 5.82 Å². The van der Waals surface area contributed by atoms with E-state index in [1.807, 2.05) is 36.4 Å². The Hall–Kier alpha value is -3.07. The molecule has 0 radical (unpaired) electrons. The highest BCUT2D eigenvalue weighted by Crippen LogP contribution is 2.40. The quantitative estimate of drug-likeness (QED) is 0.293. The topological polar surface area (TPSA) is 66.4 Å². The van der Waals surface area contributed by atoms with Gasteiger partial charge in [0.2, 0.25) is 0 Å². The van der Waals surface area contributed by atoms with Crippen LogP contribution in [-0.2, 0) is 0 Å². The van der Waals surface area contributed by atoms with Crippen molar-refractivity contribution in [3.8, 4) is 17.3 Å². The Bertz CT molecular complexity index is 1600. The molecule has 2 unspecified atom stereocenters. The molecule has 214 valence electrons. The van der Waals surface area contributed by atoms with Gasteiger partial charge < -0.3 is 15.0 Å². The molecule has 0 saturated carbocycles. The maximum Gasteiger partial charge on any atom is 0.319 e. The molecule has 5 heterocycles. The van der Waals surface area contributed by atoms with Crippen LogP contribution in [0.2, 0.25) is 5.02 Å². The molecular formula is C32H36ClFN6O. The first-order chi connectivity index (χ1) is 20.0. The first-order valence-electron chi connectivity index (χ1n) is 14.9. The molecule has 2 atom stereocenters. The maximum absolute atomic E-state index is 16.6. The summed E-state index contributed by atoms with van der Waals surface area (Å²) >= 11 is 6.61. The van der Waals surface area contributed by atoms with Crippen molar-refractivity contribution in [2.24, 2.45) is 0 Å². The van der Waals surface area contributed by atoms with Gasteiger partial charge in [0.15, 0.2) is 5.82 Å². The number of pyridine rings is 1. The average Bonchev–Trinajstić information content (AvgIpc) is 3.56. The number of benzene rings is 2. The zero-order chi connectivity index (χ0) is 28.1. The molecule has 0 amide bonds. The van der Waals surface area contributed by atoms with Crippen molar-refractivity contribution < 1.29 is 9.13 Å². The minimum absolute atomic E-state index is 0.0387. The molecule has 2 aromatic carbocycles. The SMILES string of the molecule is CCC1CN(c2nc(OCC34CCCN3CCC4)nc3c(F)c(-c4cccc5cccc(Cl)c45)ncc23)CC(C)N1. The summed E-state index contributed by atoms with van der Waals surface area (Å²) in [6.45, 7) is 8.62.